The highest BCUT2D eigenvalue weighted by Gasteiger charge is 2.18. The van der Waals surface area contributed by atoms with Gasteiger partial charge in [-0.1, -0.05) is 6.92 Å². The summed E-state index contributed by atoms with van der Waals surface area (Å²) in [7, 11) is 0. The van der Waals surface area contributed by atoms with Gasteiger partial charge in [-0.05, 0) is 25.8 Å². The van der Waals surface area contributed by atoms with Gasteiger partial charge >= 0.3 is 0 Å². The van der Waals surface area contributed by atoms with Gasteiger partial charge in [0.25, 0.3) is 0 Å². The highest BCUT2D eigenvalue weighted by molar-refractivity contribution is 7.09. The van der Waals surface area contributed by atoms with Crippen LogP contribution in [-0.4, -0.2) is 11.5 Å². The average molecular weight is 182 g/mol. The van der Waals surface area contributed by atoms with E-state index >= 15 is 0 Å². The van der Waals surface area contributed by atoms with Crippen molar-refractivity contribution in [1.29, 1.82) is 0 Å². The summed E-state index contributed by atoms with van der Waals surface area (Å²) in [6.07, 6.45) is 3.62. The minimum absolute atomic E-state index is 0.543. The smallest absolute Gasteiger partial charge is 0.0926 e. The van der Waals surface area contributed by atoms with E-state index in [1.54, 1.807) is 11.3 Å². The molecule has 1 saturated heterocycles. The van der Waals surface area contributed by atoms with Crippen molar-refractivity contribution in [3.8, 4) is 0 Å². The van der Waals surface area contributed by atoms with Crippen LogP contribution < -0.4 is 5.32 Å². The van der Waals surface area contributed by atoms with Crippen LogP contribution in [0.2, 0.25) is 0 Å². The number of aromatic nitrogens is 1. The number of aryl methyl sites for hydroxylation is 1. The molecule has 12 heavy (non-hydrogen) atoms. The van der Waals surface area contributed by atoms with Crippen molar-refractivity contribution < 1.29 is 0 Å². The van der Waals surface area contributed by atoms with Crippen LogP contribution >= 0.6 is 11.3 Å². The van der Waals surface area contributed by atoms with Gasteiger partial charge < -0.3 is 5.32 Å². The highest BCUT2D eigenvalue weighted by atomic mass is 32.1. The maximum absolute atomic E-state index is 4.57. The zero-order valence-electron chi connectivity index (χ0n) is 7.34. The fraction of sp³-hybridized carbons (Fsp3) is 0.667. The molecule has 1 aromatic heterocycles. The highest BCUT2D eigenvalue weighted by Crippen LogP contribution is 2.24. The van der Waals surface area contributed by atoms with E-state index in [0.717, 1.165) is 13.0 Å². The summed E-state index contributed by atoms with van der Waals surface area (Å²) in [5.41, 5.74) is 1.26. The maximum atomic E-state index is 4.57. The first kappa shape index (κ1) is 8.20. The number of hydrogen-bond donors (Lipinski definition) is 1. The minimum atomic E-state index is 0.543. The molecule has 1 N–H and O–H groups in total. The summed E-state index contributed by atoms with van der Waals surface area (Å²) in [4.78, 5) is 4.57. The monoisotopic (exact) mass is 182 g/mol. The van der Waals surface area contributed by atoms with E-state index in [0.29, 0.717) is 6.04 Å². The number of nitrogens with zero attached hydrogens (tertiary/aromatic N) is 1. The van der Waals surface area contributed by atoms with E-state index in [4.69, 9.17) is 0 Å². The summed E-state index contributed by atoms with van der Waals surface area (Å²) in [6.45, 7) is 3.31. The Kier molecular flexibility index (Phi) is 2.42. The third kappa shape index (κ3) is 1.52. The predicted molar refractivity (Wildman–Crippen MR) is 51.5 cm³/mol. The van der Waals surface area contributed by atoms with Crippen LogP contribution in [0.3, 0.4) is 0 Å². The molecule has 0 unspecified atom stereocenters. The molecule has 1 fully saturated rings. The van der Waals surface area contributed by atoms with E-state index in [9.17, 15) is 0 Å². The van der Waals surface area contributed by atoms with Gasteiger partial charge in [-0.15, -0.1) is 11.3 Å². The van der Waals surface area contributed by atoms with Crippen LogP contribution in [0.15, 0.2) is 5.38 Å². The van der Waals surface area contributed by atoms with Gasteiger partial charge in [-0.2, -0.15) is 0 Å². The molecule has 0 saturated carbocycles. The second-order valence-corrected chi connectivity index (χ2v) is 4.11. The Hall–Kier alpha value is -0.410. The van der Waals surface area contributed by atoms with Crippen molar-refractivity contribution in [2.45, 2.75) is 32.2 Å². The lowest BCUT2D eigenvalue weighted by Crippen LogP contribution is -2.13. The molecule has 1 aliphatic rings. The Labute approximate surface area is 77.0 Å². The molecule has 1 atom stereocenters. The van der Waals surface area contributed by atoms with Crippen molar-refractivity contribution >= 4 is 11.3 Å². The number of thiazole rings is 1. The van der Waals surface area contributed by atoms with E-state index in [1.165, 1.54) is 23.5 Å². The molecule has 0 bridgehead atoms. The lowest BCUT2D eigenvalue weighted by Gasteiger charge is -2.04. The van der Waals surface area contributed by atoms with Crippen LogP contribution in [0.4, 0.5) is 0 Å². The number of nitrogens with one attached hydrogen (secondary N) is 1. The maximum Gasteiger partial charge on any atom is 0.0926 e. The molecule has 0 aliphatic carbocycles. The zero-order valence-corrected chi connectivity index (χ0v) is 8.16. The first-order valence-electron chi connectivity index (χ1n) is 4.58. The molecule has 3 heteroatoms. The van der Waals surface area contributed by atoms with Gasteiger partial charge in [-0.25, -0.2) is 4.98 Å². The molecular weight excluding hydrogens is 168 g/mol. The van der Waals surface area contributed by atoms with Crippen LogP contribution in [0.25, 0.3) is 0 Å². The third-order valence-electron chi connectivity index (χ3n) is 2.29. The van der Waals surface area contributed by atoms with E-state index in [2.05, 4.69) is 22.6 Å². The van der Waals surface area contributed by atoms with Gasteiger partial charge in [0.2, 0.25) is 0 Å². The topological polar surface area (TPSA) is 24.9 Å². The van der Waals surface area contributed by atoms with E-state index < -0.39 is 0 Å². The molecule has 0 spiro atoms. The first-order valence-corrected chi connectivity index (χ1v) is 5.46. The molecule has 0 aromatic carbocycles. The standard InChI is InChI=1S/C9H14N2S/c1-2-9-11-8(6-12-9)7-4-3-5-10-7/h6-7,10H,2-5H2,1H3/t7-/m1/s1. The van der Waals surface area contributed by atoms with Crippen molar-refractivity contribution in [3.63, 3.8) is 0 Å². The molecule has 66 valence electrons. The van der Waals surface area contributed by atoms with Gasteiger partial charge in [0.05, 0.1) is 16.7 Å². The molecule has 2 nitrogen and oxygen atoms in total. The lowest BCUT2D eigenvalue weighted by atomic mass is 10.2. The molecule has 2 heterocycles. The molecule has 2 rings (SSSR count). The summed E-state index contributed by atoms with van der Waals surface area (Å²) in [5, 5.41) is 6.91. The summed E-state index contributed by atoms with van der Waals surface area (Å²) >= 11 is 1.79. The van der Waals surface area contributed by atoms with E-state index in [-0.39, 0.29) is 0 Å². The van der Waals surface area contributed by atoms with Crippen LogP contribution in [0.1, 0.15) is 36.5 Å². The molecule has 0 radical (unpaired) electrons. The molecule has 0 amide bonds. The fourth-order valence-electron chi connectivity index (χ4n) is 1.58. The first-order chi connectivity index (χ1) is 5.90. The normalized spacial score (nSPS) is 23.2. The zero-order chi connectivity index (χ0) is 8.39. The Balaban J connectivity index is 2.11. The van der Waals surface area contributed by atoms with Gasteiger partial charge in [0.1, 0.15) is 0 Å². The fourth-order valence-corrected chi connectivity index (χ4v) is 2.38. The minimum Gasteiger partial charge on any atom is -0.309 e. The molecule has 1 aliphatic heterocycles. The van der Waals surface area contributed by atoms with Crippen molar-refractivity contribution in [2.24, 2.45) is 0 Å². The van der Waals surface area contributed by atoms with Crippen LogP contribution in [0, 0.1) is 0 Å². The SMILES string of the molecule is CCc1nc([C@H]2CCCN2)cs1. The lowest BCUT2D eigenvalue weighted by molar-refractivity contribution is 0.630. The van der Waals surface area contributed by atoms with Gasteiger partial charge in [0.15, 0.2) is 0 Å². The summed E-state index contributed by atoms with van der Waals surface area (Å²) in [6, 6.07) is 0.543. The summed E-state index contributed by atoms with van der Waals surface area (Å²) in [5.74, 6) is 0. The molecular formula is C9H14N2S. The van der Waals surface area contributed by atoms with Crippen molar-refractivity contribution in [2.75, 3.05) is 6.54 Å². The Bertz CT molecular complexity index is 251. The Morgan fingerprint density at radius 2 is 2.67 bits per heavy atom. The second-order valence-electron chi connectivity index (χ2n) is 3.17. The number of rotatable bonds is 2. The predicted octanol–water partition coefficient (Wildman–Crippen LogP) is 2.13. The Morgan fingerprint density at radius 3 is 3.25 bits per heavy atom. The van der Waals surface area contributed by atoms with Crippen molar-refractivity contribution in [3.05, 3.63) is 16.1 Å². The van der Waals surface area contributed by atoms with Crippen molar-refractivity contribution in [1.82, 2.24) is 10.3 Å². The third-order valence-corrected chi connectivity index (χ3v) is 3.30. The summed E-state index contributed by atoms with van der Waals surface area (Å²) < 4.78 is 0. The van der Waals surface area contributed by atoms with Gasteiger partial charge in [-0.3, -0.25) is 0 Å². The molecule has 1 aromatic rings. The average Bonchev–Trinajstić information content (AvgIpc) is 2.75. The second kappa shape index (κ2) is 3.54. The largest absolute Gasteiger partial charge is 0.309 e. The van der Waals surface area contributed by atoms with E-state index in [1.807, 2.05) is 0 Å². The van der Waals surface area contributed by atoms with Gasteiger partial charge in [0, 0.05) is 5.38 Å². The quantitative estimate of drug-likeness (QED) is 0.758. The van der Waals surface area contributed by atoms with Crippen LogP contribution in [-0.2, 0) is 6.42 Å². The number of hydrogen-bond acceptors (Lipinski definition) is 3. The van der Waals surface area contributed by atoms with Crippen LogP contribution in [0.5, 0.6) is 0 Å². The Morgan fingerprint density at radius 1 is 1.75 bits per heavy atom.